The lowest BCUT2D eigenvalue weighted by Gasteiger charge is -2.09. The number of carbonyl (C=O) groups is 2. The van der Waals surface area contributed by atoms with Gasteiger partial charge in [-0.15, -0.1) is 0 Å². The van der Waals surface area contributed by atoms with Crippen LogP contribution in [0.1, 0.15) is 22.8 Å². The first-order chi connectivity index (χ1) is 14.0. The molecule has 1 aromatic heterocycles. The van der Waals surface area contributed by atoms with E-state index in [1.807, 2.05) is 36.4 Å². The number of ether oxygens (including phenoxy) is 1. The number of rotatable bonds is 7. The van der Waals surface area contributed by atoms with Gasteiger partial charge in [0.25, 0.3) is 5.91 Å². The Kier molecular flexibility index (Phi) is 6.42. The first kappa shape index (κ1) is 19.9. The second-order valence-electron chi connectivity index (χ2n) is 6.34. The molecule has 0 bridgehead atoms. The van der Waals surface area contributed by atoms with Gasteiger partial charge in [0.1, 0.15) is 11.6 Å². The maximum absolute atomic E-state index is 12.5. The van der Waals surface area contributed by atoms with E-state index in [4.69, 9.17) is 4.74 Å². The van der Waals surface area contributed by atoms with Crippen molar-refractivity contribution in [2.75, 3.05) is 17.7 Å². The third kappa shape index (κ3) is 5.80. The van der Waals surface area contributed by atoms with Gasteiger partial charge in [-0.25, -0.2) is 4.98 Å². The lowest BCUT2D eigenvalue weighted by Crippen LogP contribution is -2.22. The summed E-state index contributed by atoms with van der Waals surface area (Å²) >= 11 is 0. The minimum absolute atomic E-state index is 0.124. The van der Waals surface area contributed by atoms with Gasteiger partial charge in [-0.3, -0.25) is 9.59 Å². The summed E-state index contributed by atoms with van der Waals surface area (Å²) in [6, 6.07) is 18.1. The first-order valence-electron chi connectivity index (χ1n) is 9.05. The van der Waals surface area contributed by atoms with Gasteiger partial charge in [0, 0.05) is 36.6 Å². The van der Waals surface area contributed by atoms with Gasteiger partial charge >= 0.3 is 0 Å². The number of benzene rings is 2. The van der Waals surface area contributed by atoms with Crippen molar-refractivity contribution in [2.24, 2.45) is 0 Å². The Hall–Kier alpha value is -3.87. The zero-order chi connectivity index (χ0) is 20.6. The zero-order valence-corrected chi connectivity index (χ0v) is 16.2. The van der Waals surface area contributed by atoms with Gasteiger partial charge in [0.15, 0.2) is 0 Å². The molecule has 3 N–H and O–H groups in total. The molecule has 0 atom stereocenters. The van der Waals surface area contributed by atoms with Crippen molar-refractivity contribution in [3.05, 3.63) is 78.0 Å². The molecule has 0 spiro atoms. The van der Waals surface area contributed by atoms with E-state index in [0.717, 1.165) is 17.0 Å². The van der Waals surface area contributed by atoms with E-state index in [1.165, 1.54) is 6.92 Å². The molecule has 0 aliphatic carbocycles. The summed E-state index contributed by atoms with van der Waals surface area (Å²) in [4.78, 5) is 27.8. The number of nitrogens with one attached hydrogen (secondary N) is 3. The van der Waals surface area contributed by atoms with E-state index in [9.17, 15) is 9.59 Å². The molecule has 29 heavy (non-hydrogen) atoms. The van der Waals surface area contributed by atoms with E-state index in [0.29, 0.717) is 23.6 Å². The Bertz CT molecular complexity index is 986. The Morgan fingerprint density at radius 1 is 0.966 bits per heavy atom. The first-order valence-corrected chi connectivity index (χ1v) is 9.05. The van der Waals surface area contributed by atoms with E-state index in [1.54, 1.807) is 37.6 Å². The molecule has 0 saturated heterocycles. The lowest BCUT2D eigenvalue weighted by atomic mass is 10.2. The molecular weight excluding hydrogens is 368 g/mol. The highest BCUT2D eigenvalue weighted by atomic mass is 16.5. The average Bonchev–Trinajstić information content (AvgIpc) is 2.73. The standard InChI is InChI=1S/C22H22N4O3/c1-15(27)25-18-5-7-19(8-6-18)26-21-13-17(11-12-23-21)22(28)24-14-16-3-9-20(29-2)10-4-16/h3-13H,14H2,1-2H3,(H,23,26)(H,24,28)(H,25,27). The summed E-state index contributed by atoms with van der Waals surface area (Å²) in [5.74, 6) is 1.01. The predicted molar refractivity (Wildman–Crippen MR) is 112 cm³/mol. The van der Waals surface area contributed by atoms with Gasteiger partial charge < -0.3 is 20.7 Å². The minimum atomic E-state index is -0.188. The molecule has 0 aliphatic rings. The van der Waals surface area contributed by atoms with Crippen LogP contribution in [-0.2, 0) is 11.3 Å². The van der Waals surface area contributed by atoms with Crippen molar-refractivity contribution in [2.45, 2.75) is 13.5 Å². The van der Waals surface area contributed by atoms with Crippen LogP contribution in [-0.4, -0.2) is 23.9 Å². The van der Waals surface area contributed by atoms with Crippen LogP contribution in [0.5, 0.6) is 5.75 Å². The number of hydrogen-bond donors (Lipinski definition) is 3. The van der Waals surface area contributed by atoms with Crippen molar-refractivity contribution in [1.82, 2.24) is 10.3 Å². The monoisotopic (exact) mass is 390 g/mol. The van der Waals surface area contributed by atoms with Crippen LogP contribution in [0.2, 0.25) is 0 Å². The van der Waals surface area contributed by atoms with Crippen LogP contribution in [0.3, 0.4) is 0 Å². The van der Waals surface area contributed by atoms with Crippen LogP contribution < -0.4 is 20.7 Å². The summed E-state index contributed by atoms with van der Waals surface area (Å²) in [6.45, 7) is 1.87. The molecule has 3 aromatic rings. The summed E-state index contributed by atoms with van der Waals surface area (Å²) in [7, 11) is 1.61. The summed E-state index contributed by atoms with van der Waals surface area (Å²) in [5, 5.41) is 8.75. The number of nitrogens with zero attached hydrogens (tertiary/aromatic N) is 1. The van der Waals surface area contributed by atoms with Crippen molar-refractivity contribution in [1.29, 1.82) is 0 Å². The second kappa shape index (κ2) is 9.36. The molecule has 7 nitrogen and oxygen atoms in total. The quantitative estimate of drug-likeness (QED) is 0.572. The molecule has 1 heterocycles. The van der Waals surface area contributed by atoms with Gasteiger partial charge in [-0.1, -0.05) is 12.1 Å². The number of hydrogen-bond acceptors (Lipinski definition) is 5. The molecule has 0 fully saturated rings. The Morgan fingerprint density at radius 3 is 2.31 bits per heavy atom. The third-order valence-corrected chi connectivity index (χ3v) is 4.11. The van der Waals surface area contributed by atoms with Crippen LogP contribution in [0.25, 0.3) is 0 Å². The third-order valence-electron chi connectivity index (χ3n) is 4.11. The zero-order valence-electron chi connectivity index (χ0n) is 16.2. The highest BCUT2D eigenvalue weighted by Crippen LogP contribution is 2.18. The Morgan fingerprint density at radius 2 is 1.66 bits per heavy atom. The fourth-order valence-electron chi connectivity index (χ4n) is 2.66. The van der Waals surface area contributed by atoms with Crippen LogP contribution >= 0.6 is 0 Å². The molecule has 2 aromatic carbocycles. The van der Waals surface area contributed by atoms with E-state index in [-0.39, 0.29) is 11.8 Å². The average molecular weight is 390 g/mol. The maximum Gasteiger partial charge on any atom is 0.251 e. The van der Waals surface area contributed by atoms with Crippen LogP contribution in [0.15, 0.2) is 66.9 Å². The summed E-state index contributed by atoms with van der Waals surface area (Å²) < 4.78 is 5.13. The SMILES string of the molecule is COc1ccc(CNC(=O)c2ccnc(Nc3ccc(NC(C)=O)cc3)c2)cc1. The maximum atomic E-state index is 12.5. The summed E-state index contributed by atoms with van der Waals surface area (Å²) in [5.41, 5.74) is 2.99. The molecule has 0 saturated carbocycles. The largest absolute Gasteiger partial charge is 0.497 e. The summed E-state index contributed by atoms with van der Waals surface area (Å²) in [6.07, 6.45) is 1.58. The second-order valence-corrected chi connectivity index (χ2v) is 6.34. The molecule has 7 heteroatoms. The Balaban J connectivity index is 1.60. The predicted octanol–water partition coefficient (Wildman–Crippen LogP) is 3.72. The molecule has 2 amide bonds. The molecular formula is C22H22N4O3. The number of methoxy groups -OCH3 is 1. The molecule has 0 unspecified atom stereocenters. The fraction of sp³-hybridized carbons (Fsp3) is 0.136. The highest BCUT2D eigenvalue weighted by molar-refractivity contribution is 5.95. The number of anilines is 3. The number of aromatic nitrogens is 1. The fourth-order valence-corrected chi connectivity index (χ4v) is 2.66. The Labute approximate surface area is 169 Å². The van der Waals surface area contributed by atoms with Gasteiger partial charge in [-0.05, 0) is 54.1 Å². The van der Waals surface area contributed by atoms with Crippen LogP contribution in [0, 0.1) is 0 Å². The van der Waals surface area contributed by atoms with Crippen molar-refractivity contribution in [3.8, 4) is 5.75 Å². The lowest BCUT2D eigenvalue weighted by molar-refractivity contribution is -0.114. The van der Waals surface area contributed by atoms with Crippen molar-refractivity contribution >= 4 is 29.0 Å². The molecule has 3 rings (SSSR count). The molecule has 0 radical (unpaired) electrons. The van der Waals surface area contributed by atoms with Crippen LogP contribution in [0.4, 0.5) is 17.2 Å². The van der Waals surface area contributed by atoms with E-state index in [2.05, 4.69) is 20.9 Å². The van der Waals surface area contributed by atoms with Crippen molar-refractivity contribution < 1.29 is 14.3 Å². The van der Waals surface area contributed by atoms with Gasteiger partial charge in [0.05, 0.1) is 7.11 Å². The topological polar surface area (TPSA) is 92.3 Å². The van der Waals surface area contributed by atoms with E-state index < -0.39 is 0 Å². The smallest absolute Gasteiger partial charge is 0.251 e. The number of amides is 2. The van der Waals surface area contributed by atoms with E-state index >= 15 is 0 Å². The van der Waals surface area contributed by atoms with Gasteiger partial charge in [0.2, 0.25) is 5.91 Å². The molecule has 148 valence electrons. The van der Waals surface area contributed by atoms with Gasteiger partial charge in [-0.2, -0.15) is 0 Å². The normalized spacial score (nSPS) is 10.1. The minimum Gasteiger partial charge on any atom is -0.497 e. The highest BCUT2D eigenvalue weighted by Gasteiger charge is 2.07. The number of carbonyl (C=O) groups excluding carboxylic acids is 2. The molecule has 0 aliphatic heterocycles. The van der Waals surface area contributed by atoms with Crippen molar-refractivity contribution in [3.63, 3.8) is 0 Å². The number of pyridine rings is 1.